The predicted octanol–water partition coefficient (Wildman–Crippen LogP) is 1.85. The number of carbonyl (C=O) groups excluding carboxylic acids is 1. The molecule has 0 aromatic carbocycles. The van der Waals surface area contributed by atoms with Crippen LogP contribution in [0.5, 0.6) is 0 Å². The zero-order valence-electron chi connectivity index (χ0n) is 7.57. The largest absolute Gasteiger partial charge is 0.356 e. The van der Waals surface area contributed by atoms with Crippen LogP contribution in [0, 0.1) is 5.41 Å². The van der Waals surface area contributed by atoms with Gasteiger partial charge in [-0.3, -0.25) is 4.79 Å². The zero-order chi connectivity index (χ0) is 8.44. The van der Waals surface area contributed by atoms with Crippen molar-refractivity contribution in [3.05, 3.63) is 0 Å². The van der Waals surface area contributed by atoms with Gasteiger partial charge in [0.25, 0.3) is 0 Å². The maximum absolute atomic E-state index is 11.1. The van der Waals surface area contributed by atoms with Crippen LogP contribution in [0.3, 0.4) is 0 Å². The van der Waals surface area contributed by atoms with E-state index in [-0.39, 0.29) is 5.91 Å². The van der Waals surface area contributed by atoms with Crippen LogP contribution in [0.1, 0.15) is 44.9 Å². The molecule has 2 heteroatoms. The highest BCUT2D eigenvalue weighted by Crippen LogP contribution is 2.39. The Morgan fingerprint density at radius 2 is 1.75 bits per heavy atom. The topological polar surface area (TPSA) is 29.1 Å². The summed E-state index contributed by atoms with van der Waals surface area (Å²) in [4.78, 5) is 11.1. The lowest BCUT2D eigenvalue weighted by Crippen LogP contribution is -2.23. The van der Waals surface area contributed by atoms with Gasteiger partial charge in [-0.1, -0.05) is 25.7 Å². The summed E-state index contributed by atoms with van der Waals surface area (Å²) >= 11 is 0. The third kappa shape index (κ3) is 1.47. The van der Waals surface area contributed by atoms with Gasteiger partial charge in [0, 0.05) is 13.0 Å². The smallest absolute Gasteiger partial charge is 0.220 e. The van der Waals surface area contributed by atoms with Crippen LogP contribution in [0.4, 0.5) is 0 Å². The third-order valence-electron chi connectivity index (χ3n) is 3.36. The molecule has 1 saturated carbocycles. The molecule has 0 radical (unpaired) electrons. The summed E-state index contributed by atoms with van der Waals surface area (Å²) < 4.78 is 0. The molecular formula is C10H17NO. The second-order valence-electron chi connectivity index (χ2n) is 4.37. The van der Waals surface area contributed by atoms with Gasteiger partial charge in [0.1, 0.15) is 0 Å². The third-order valence-corrected chi connectivity index (χ3v) is 3.36. The van der Waals surface area contributed by atoms with Gasteiger partial charge in [0.05, 0.1) is 0 Å². The summed E-state index contributed by atoms with van der Waals surface area (Å²) in [5, 5.41) is 2.97. The molecule has 2 aliphatic rings. The fraction of sp³-hybridized carbons (Fsp3) is 0.900. The van der Waals surface area contributed by atoms with Gasteiger partial charge in [-0.05, 0) is 18.3 Å². The lowest BCUT2D eigenvalue weighted by atomic mass is 9.80. The average molecular weight is 167 g/mol. The number of nitrogens with one attached hydrogen (secondary N) is 1. The molecule has 0 unspecified atom stereocenters. The Balaban J connectivity index is 2.03. The van der Waals surface area contributed by atoms with Crippen molar-refractivity contribution < 1.29 is 4.79 Å². The highest BCUT2D eigenvalue weighted by atomic mass is 16.1. The van der Waals surface area contributed by atoms with Crippen LogP contribution in [0.25, 0.3) is 0 Å². The Bertz CT molecular complexity index is 180. The van der Waals surface area contributed by atoms with E-state index in [9.17, 15) is 4.79 Å². The summed E-state index contributed by atoms with van der Waals surface area (Å²) in [7, 11) is 0. The van der Waals surface area contributed by atoms with E-state index in [1.165, 1.54) is 38.5 Å². The molecule has 1 aliphatic heterocycles. The quantitative estimate of drug-likeness (QED) is 0.586. The SMILES string of the molecule is O=C1CC2(CCCCCC2)CN1. The van der Waals surface area contributed by atoms with E-state index in [1.807, 2.05) is 0 Å². The Labute approximate surface area is 73.7 Å². The highest BCUT2D eigenvalue weighted by Gasteiger charge is 2.37. The molecule has 2 fully saturated rings. The molecule has 1 amide bonds. The Hall–Kier alpha value is -0.530. The van der Waals surface area contributed by atoms with Crippen molar-refractivity contribution in [2.75, 3.05) is 6.54 Å². The molecule has 1 spiro atoms. The minimum Gasteiger partial charge on any atom is -0.356 e. The Kier molecular flexibility index (Phi) is 2.07. The first-order chi connectivity index (χ1) is 5.81. The van der Waals surface area contributed by atoms with Crippen molar-refractivity contribution in [3.8, 4) is 0 Å². The van der Waals surface area contributed by atoms with Crippen molar-refractivity contribution in [1.29, 1.82) is 0 Å². The van der Waals surface area contributed by atoms with E-state index in [2.05, 4.69) is 5.32 Å². The summed E-state index contributed by atoms with van der Waals surface area (Å²) in [6, 6.07) is 0. The predicted molar refractivity (Wildman–Crippen MR) is 47.8 cm³/mol. The van der Waals surface area contributed by atoms with Crippen LogP contribution >= 0.6 is 0 Å². The van der Waals surface area contributed by atoms with Crippen molar-refractivity contribution in [2.24, 2.45) is 5.41 Å². The number of hydrogen-bond donors (Lipinski definition) is 1. The fourth-order valence-electron chi connectivity index (χ4n) is 2.58. The summed E-state index contributed by atoms with van der Waals surface area (Å²) in [5.74, 6) is 0.275. The van der Waals surface area contributed by atoms with Gasteiger partial charge in [0.2, 0.25) is 5.91 Å². The molecule has 1 N–H and O–H groups in total. The van der Waals surface area contributed by atoms with Crippen LogP contribution in [-0.2, 0) is 4.79 Å². The van der Waals surface area contributed by atoms with E-state index in [4.69, 9.17) is 0 Å². The molecule has 0 atom stereocenters. The number of carbonyl (C=O) groups is 1. The Morgan fingerprint density at radius 3 is 2.25 bits per heavy atom. The van der Waals surface area contributed by atoms with E-state index < -0.39 is 0 Å². The summed E-state index contributed by atoms with van der Waals surface area (Å²) in [6.07, 6.45) is 8.74. The maximum Gasteiger partial charge on any atom is 0.220 e. The fourth-order valence-corrected chi connectivity index (χ4v) is 2.58. The molecule has 1 heterocycles. The second kappa shape index (κ2) is 3.08. The van der Waals surface area contributed by atoms with Gasteiger partial charge in [0.15, 0.2) is 0 Å². The molecule has 0 aromatic rings. The second-order valence-corrected chi connectivity index (χ2v) is 4.37. The standard InChI is InChI=1S/C10H17NO/c12-9-7-10(8-11-9)5-3-1-2-4-6-10/h1-8H2,(H,11,12). The van der Waals surface area contributed by atoms with Crippen LogP contribution in [0.15, 0.2) is 0 Å². The number of hydrogen-bond acceptors (Lipinski definition) is 1. The van der Waals surface area contributed by atoms with Crippen LogP contribution in [0.2, 0.25) is 0 Å². The first-order valence-electron chi connectivity index (χ1n) is 5.08. The Morgan fingerprint density at radius 1 is 1.08 bits per heavy atom. The molecule has 0 aromatic heterocycles. The van der Waals surface area contributed by atoms with Crippen LogP contribution in [-0.4, -0.2) is 12.5 Å². The van der Waals surface area contributed by atoms with Gasteiger partial charge in [-0.25, -0.2) is 0 Å². The molecular weight excluding hydrogens is 150 g/mol. The normalized spacial score (nSPS) is 28.5. The molecule has 12 heavy (non-hydrogen) atoms. The molecule has 2 nitrogen and oxygen atoms in total. The first-order valence-corrected chi connectivity index (χ1v) is 5.08. The molecule has 68 valence electrons. The minimum absolute atomic E-state index is 0.275. The van der Waals surface area contributed by atoms with E-state index >= 15 is 0 Å². The van der Waals surface area contributed by atoms with Gasteiger partial charge >= 0.3 is 0 Å². The molecule has 1 aliphatic carbocycles. The zero-order valence-corrected chi connectivity index (χ0v) is 7.57. The minimum atomic E-state index is 0.275. The van der Waals surface area contributed by atoms with Crippen molar-refractivity contribution in [1.82, 2.24) is 5.32 Å². The number of rotatable bonds is 0. The lowest BCUT2D eigenvalue weighted by Gasteiger charge is -2.24. The van der Waals surface area contributed by atoms with Crippen molar-refractivity contribution in [2.45, 2.75) is 44.9 Å². The van der Waals surface area contributed by atoms with Gasteiger partial charge < -0.3 is 5.32 Å². The maximum atomic E-state index is 11.1. The highest BCUT2D eigenvalue weighted by molar-refractivity contribution is 5.79. The van der Waals surface area contributed by atoms with E-state index in [1.54, 1.807) is 0 Å². The lowest BCUT2D eigenvalue weighted by molar-refractivity contribution is -0.119. The van der Waals surface area contributed by atoms with Crippen molar-refractivity contribution >= 4 is 5.91 Å². The monoisotopic (exact) mass is 167 g/mol. The van der Waals surface area contributed by atoms with Gasteiger partial charge in [-0.15, -0.1) is 0 Å². The number of amides is 1. The molecule has 1 saturated heterocycles. The first kappa shape index (κ1) is 8.09. The van der Waals surface area contributed by atoms with Crippen LogP contribution < -0.4 is 5.32 Å². The summed E-state index contributed by atoms with van der Waals surface area (Å²) in [5.41, 5.74) is 0.369. The van der Waals surface area contributed by atoms with Crippen molar-refractivity contribution in [3.63, 3.8) is 0 Å². The van der Waals surface area contributed by atoms with E-state index in [0.717, 1.165) is 13.0 Å². The molecule has 0 bridgehead atoms. The molecule has 2 rings (SSSR count). The average Bonchev–Trinajstić information content (AvgIpc) is 2.30. The van der Waals surface area contributed by atoms with Gasteiger partial charge in [-0.2, -0.15) is 0 Å². The van der Waals surface area contributed by atoms with E-state index in [0.29, 0.717) is 5.41 Å². The summed E-state index contributed by atoms with van der Waals surface area (Å²) in [6.45, 7) is 0.950.